The van der Waals surface area contributed by atoms with Gasteiger partial charge in [0.25, 0.3) is 0 Å². The predicted octanol–water partition coefficient (Wildman–Crippen LogP) is -2.51. The summed E-state index contributed by atoms with van der Waals surface area (Å²) in [5.74, 6) is -5.37. The van der Waals surface area contributed by atoms with Crippen molar-refractivity contribution in [3.8, 4) is 0 Å². The van der Waals surface area contributed by atoms with Crippen LogP contribution in [0.2, 0.25) is 13.1 Å². The first-order valence-electron chi connectivity index (χ1n) is 3.97. The van der Waals surface area contributed by atoms with Gasteiger partial charge in [-0.05, 0) is 13.1 Å². The van der Waals surface area contributed by atoms with Crippen LogP contribution in [0, 0.1) is 0 Å². The molecule has 0 saturated carbocycles. The van der Waals surface area contributed by atoms with Crippen LogP contribution in [-0.2, 0) is 28.0 Å². The molecule has 92 valence electrons. The fourth-order valence-electron chi connectivity index (χ4n) is 0.352. The smallest absolute Gasteiger partial charge is 0.413 e. The summed E-state index contributed by atoms with van der Waals surface area (Å²) in [6, 6.07) is 0. The van der Waals surface area contributed by atoms with Crippen molar-refractivity contribution in [1.82, 2.24) is 0 Å². The average molecular weight is 268 g/mol. The Morgan fingerprint density at radius 3 is 1.44 bits per heavy atom. The molecule has 0 atom stereocenters. The molecule has 0 heterocycles. The van der Waals surface area contributed by atoms with Gasteiger partial charge in [-0.15, -0.1) is 0 Å². The number of aliphatic carboxylic acids is 2. The zero-order valence-corrected chi connectivity index (χ0v) is 12.1. The van der Waals surface area contributed by atoms with Crippen LogP contribution in [0.3, 0.4) is 0 Å². The van der Waals surface area contributed by atoms with Crippen molar-refractivity contribution in [1.29, 1.82) is 0 Å². The molecule has 2 N–H and O–H groups in total. The SMILES string of the molecule is C[SiH](C)OC(=O)C(=O)O.O=C(O)C(=O)O[SiH3]. The van der Waals surface area contributed by atoms with E-state index in [9.17, 15) is 19.2 Å². The van der Waals surface area contributed by atoms with Gasteiger partial charge in [0.15, 0.2) is 0 Å². The Hall–Kier alpha value is -1.69. The molecule has 16 heavy (non-hydrogen) atoms. The van der Waals surface area contributed by atoms with E-state index >= 15 is 0 Å². The number of carbonyl (C=O) groups is 4. The number of hydrogen-bond acceptors (Lipinski definition) is 6. The third-order valence-corrected chi connectivity index (χ3v) is 1.93. The van der Waals surface area contributed by atoms with Crippen molar-refractivity contribution in [3.63, 3.8) is 0 Å². The minimum absolute atomic E-state index is 0.140. The van der Waals surface area contributed by atoms with Gasteiger partial charge in [-0.1, -0.05) is 0 Å². The molecular formula is C6H12O8Si2. The zero-order chi connectivity index (χ0) is 13.3. The first-order valence-corrected chi connectivity index (χ1v) is 7.57. The Balaban J connectivity index is 0. The van der Waals surface area contributed by atoms with E-state index in [0.717, 1.165) is 0 Å². The Labute approximate surface area is 95.4 Å². The summed E-state index contributed by atoms with van der Waals surface area (Å²) in [5.41, 5.74) is 0. The summed E-state index contributed by atoms with van der Waals surface area (Å²) in [5, 5.41) is 15.7. The molecule has 0 radical (unpaired) electrons. The minimum atomic E-state index is -1.53. The fraction of sp³-hybridized carbons (Fsp3) is 0.333. The van der Waals surface area contributed by atoms with Gasteiger partial charge in [0.2, 0.25) is 19.5 Å². The molecule has 0 aliphatic heterocycles. The summed E-state index contributed by atoms with van der Waals surface area (Å²) in [6.07, 6.45) is 0. The van der Waals surface area contributed by atoms with Crippen LogP contribution in [0.4, 0.5) is 0 Å². The third kappa shape index (κ3) is 10.4. The number of carboxylic acids is 2. The van der Waals surface area contributed by atoms with Crippen molar-refractivity contribution in [3.05, 3.63) is 0 Å². The normalized spacial score (nSPS) is 8.69. The van der Waals surface area contributed by atoms with E-state index in [1.54, 1.807) is 13.1 Å². The zero-order valence-electron chi connectivity index (χ0n) is 8.92. The maximum Gasteiger partial charge on any atom is 0.413 e. The highest BCUT2D eigenvalue weighted by molar-refractivity contribution is 6.53. The van der Waals surface area contributed by atoms with E-state index in [1.807, 2.05) is 0 Å². The Morgan fingerprint density at radius 1 is 1.00 bits per heavy atom. The van der Waals surface area contributed by atoms with Crippen molar-refractivity contribution in [2.45, 2.75) is 13.1 Å². The standard InChI is InChI=1S/C4H8O4Si.C2H4O4Si/c1-9(2)8-4(7)3(5)6;3-1(4)2(5)6-7/h9H,1-2H3,(H,5,6);7H3,(H,3,4). The fourth-order valence-corrected chi connectivity index (χ4v) is 1.06. The van der Waals surface area contributed by atoms with Gasteiger partial charge in [0, 0.05) is 0 Å². The molecule has 0 aliphatic carbocycles. The van der Waals surface area contributed by atoms with Crippen molar-refractivity contribution >= 4 is 43.4 Å². The molecule has 0 saturated heterocycles. The second-order valence-electron chi connectivity index (χ2n) is 2.56. The highest BCUT2D eigenvalue weighted by Gasteiger charge is 2.13. The van der Waals surface area contributed by atoms with E-state index < -0.39 is 32.9 Å². The molecular weight excluding hydrogens is 256 g/mol. The van der Waals surface area contributed by atoms with E-state index in [1.165, 1.54) is 0 Å². The van der Waals surface area contributed by atoms with E-state index in [2.05, 4.69) is 8.85 Å². The van der Waals surface area contributed by atoms with Crippen molar-refractivity contribution in [2.24, 2.45) is 0 Å². The van der Waals surface area contributed by atoms with Crippen LogP contribution in [0.15, 0.2) is 0 Å². The lowest BCUT2D eigenvalue weighted by Crippen LogP contribution is -2.22. The molecule has 0 aliphatic rings. The number of hydrogen-bond donors (Lipinski definition) is 2. The molecule has 0 aromatic rings. The highest BCUT2D eigenvalue weighted by Crippen LogP contribution is 1.84. The summed E-state index contributed by atoms with van der Waals surface area (Å²) in [6.45, 7) is 3.45. The first kappa shape index (κ1) is 16.7. The van der Waals surface area contributed by atoms with Crippen LogP contribution < -0.4 is 0 Å². The Kier molecular flexibility index (Phi) is 9.00. The molecule has 0 bridgehead atoms. The lowest BCUT2D eigenvalue weighted by molar-refractivity contribution is -0.158. The monoisotopic (exact) mass is 268 g/mol. The molecule has 0 fully saturated rings. The topological polar surface area (TPSA) is 127 Å². The molecule has 0 rings (SSSR count). The predicted molar refractivity (Wildman–Crippen MR) is 56.3 cm³/mol. The lowest BCUT2D eigenvalue weighted by Gasteiger charge is -2.01. The van der Waals surface area contributed by atoms with E-state index in [0.29, 0.717) is 0 Å². The highest BCUT2D eigenvalue weighted by atomic mass is 28.3. The molecule has 10 heteroatoms. The molecule has 0 aromatic heterocycles. The molecule has 0 spiro atoms. The van der Waals surface area contributed by atoms with Gasteiger partial charge in [-0.2, -0.15) is 0 Å². The maximum atomic E-state index is 10.2. The van der Waals surface area contributed by atoms with Crippen LogP contribution in [0.5, 0.6) is 0 Å². The van der Waals surface area contributed by atoms with Crippen LogP contribution in [0.1, 0.15) is 0 Å². The van der Waals surface area contributed by atoms with Gasteiger partial charge in [-0.25, -0.2) is 19.2 Å². The summed E-state index contributed by atoms with van der Waals surface area (Å²) < 4.78 is 8.32. The molecule has 0 amide bonds. The largest absolute Gasteiger partial charge is 0.521 e. The van der Waals surface area contributed by atoms with Crippen LogP contribution >= 0.6 is 0 Å². The lowest BCUT2D eigenvalue weighted by atomic mass is 10.7. The van der Waals surface area contributed by atoms with Gasteiger partial charge in [0.05, 0.1) is 0 Å². The van der Waals surface area contributed by atoms with Crippen molar-refractivity contribution in [2.75, 3.05) is 0 Å². The van der Waals surface area contributed by atoms with Gasteiger partial charge in [0.1, 0.15) is 0 Å². The second kappa shape index (κ2) is 8.61. The number of rotatable bonds is 1. The quantitative estimate of drug-likeness (QED) is 0.394. The number of carbonyl (C=O) groups excluding carboxylic acids is 2. The average Bonchev–Trinajstić information content (AvgIpc) is 2.16. The van der Waals surface area contributed by atoms with E-state index in [-0.39, 0.29) is 10.5 Å². The van der Waals surface area contributed by atoms with Gasteiger partial charge >= 0.3 is 23.9 Å². The Morgan fingerprint density at radius 2 is 1.38 bits per heavy atom. The van der Waals surface area contributed by atoms with Crippen LogP contribution in [0.25, 0.3) is 0 Å². The number of carboxylic acid groups (broad SMARTS) is 2. The Bertz CT molecular complexity index is 286. The summed E-state index contributed by atoms with van der Waals surface area (Å²) >= 11 is 0. The van der Waals surface area contributed by atoms with Gasteiger partial charge < -0.3 is 19.1 Å². The molecule has 0 aromatic carbocycles. The third-order valence-electron chi connectivity index (χ3n) is 0.877. The molecule has 0 unspecified atom stereocenters. The minimum Gasteiger partial charge on any atom is -0.521 e. The van der Waals surface area contributed by atoms with E-state index in [4.69, 9.17) is 10.2 Å². The van der Waals surface area contributed by atoms with Gasteiger partial charge in [-0.3, -0.25) is 0 Å². The van der Waals surface area contributed by atoms with Crippen LogP contribution in [-0.4, -0.2) is 53.6 Å². The summed E-state index contributed by atoms with van der Waals surface area (Å²) in [4.78, 5) is 39.2. The van der Waals surface area contributed by atoms with Crippen molar-refractivity contribution < 1.29 is 38.2 Å². The molecule has 8 nitrogen and oxygen atoms in total. The maximum absolute atomic E-state index is 10.2. The summed E-state index contributed by atoms with van der Waals surface area (Å²) in [7, 11) is -1.37. The second-order valence-corrected chi connectivity index (χ2v) is 5.30. The first-order chi connectivity index (χ1) is 7.22.